The van der Waals surface area contributed by atoms with Crippen LogP contribution < -0.4 is 0 Å². The molecule has 5 aliphatic rings. The van der Waals surface area contributed by atoms with Crippen molar-refractivity contribution in [2.24, 2.45) is 28.6 Å². The van der Waals surface area contributed by atoms with Gasteiger partial charge in [0.05, 0.1) is 6.10 Å². The second-order valence-corrected chi connectivity index (χ2v) is 12.2. The summed E-state index contributed by atoms with van der Waals surface area (Å²) in [5, 5.41) is 23.7. The van der Waals surface area contributed by atoms with Crippen molar-refractivity contribution >= 4 is 11.7 Å². The molecule has 1 aromatic rings. The largest absolute Gasteiger partial charge is 0.393 e. The number of aliphatic hydroxyl groups excluding tert-OH is 1. The number of allylic oxidation sites excluding steroid dienone is 1. The number of ketones is 1. The van der Waals surface area contributed by atoms with Gasteiger partial charge in [-0.1, -0.05) is 43.7 Å². The van der Waals surface area contributed by atoms with Crippen LogP contribution in [0.1, 0.15) is 69.9 Å². The Labute approximate surface area is 202 Å². The van der Waals surface area contributed by atoms with Crippen LogP contribution in [0.2, 0.25) is 0 Å². The molecule has 0 aromatic heterocycles. The van der Waals surface area contributed by atoms with Gasteiger partial charge in [0.2, 0.25) is 0 Å². The van der Waals surface area contributed by atoms with Crippen LogP contribution in [0.25, 0.3) is 0 Å². The molecule has 5 unspecified atom stereocenters. The van der Waals surface area contributed by atoms with Gasteiger partial charge in [-0.25, -0.2) is 0 Å². The Morgan fingerprint density at radius 1 is 1.06 bits per heavy atom. The van der Waals surface area contributed by atoms with E-state index in [4.69, 9.17) is 0 Å². The van der Waals surface area contributed by atoms with Crippen molar-refractivity contribution in [1.29, 1.82) is 0 Å². The van der Waals surface area contributed by atoms with Crippen LogP contribution in [0, 0.1) is 28.6 Å². The van der Waals surface area contributed by atoms with Crippen molar-refractivity contribution in [3.63, 3.8) is 0 Å². The molecule has 1 aliphatic heterocycles. The van der Waals surface area contributed by atoms with Gasteiger partial charge in [0.15, 0.2) is 5.78 Å². The number of aliphatic hydroxyl groups is 2. The summed E-state index contributed by atoms with van der Waals surface area (Å²) in [7, 11) is 0. The molecule has 0 spiro atoms. The van der Waals surface area contributed by atoms with E-state index in [9.17, 15) is 19.8 Å². The summed E-state index contributed by atoms with van der Waals surface area (Å²) in [5.41, 5.74) is 1.44. The number of nitrogens with zero attached hydrogens (tertiary/aromatic N) is 1. The molecule has 182 valence electrons. The third kappa shape index (κ3) is 2.92. The predicted molar refractivity (Wildman–Crippen MR) is 129 cm³/mol. The Morgan fingerprint density at radius 3 is 2.62 bits per heavy atom. The Morgan fingerprint density at radius 2 is 1.82 bits per heavy atom. The van der Waals surface area contributed by atoms with Crippen molar-refractivity contribution in [1.82, 2.24) is 4.90 Å². The molecule has 4 aliphatic carbocycles. The highest BCUT2D eigenvalue weighted by Gasteiger charge is 2.69. The number of hydrogen-bond acceptors (Lipinski definition) is 4. The average molecular weight is 464 g/mol. The fraction of sp³-hybridized carbons (Fsp3) is 0.655. The first kappa shape index (κ1) is 22.5. The minimum Gasteiger partial charge on any atom is -0.393 e. The second-order valence-electron chi connectivity index (χ2n) is 12.2. The smallest absolute Gasteiger partial charge is 0.255 e. The van der Waals surface area contributed by atoms with E-state index in [0.717, 1.165) is 32.1 Å². The van der Waals surface area contributed by atoms with Gasteiger partial charge >= 0.3 is 0 Å². The van der Waals surface area contributed by atoms with Crippen molar-refractivity contribution in [3.8, 4) is 0 Å². The number of benzene rings is 1. The predicted octanol–water partition coefficient (Wildman–Crippen LogP) is 3.81. The van der Waals surface area contributed by atoms with Gasteiger partial charge in [0.1, 0.15) is 5.60 Å². The average Bonchev–Trinajstić information content (AvgIpc) is 3.09. The molecule has 2 N–H and O–H groups in total. The molecule has 0 bridgehead atoms. The van der Waals surface area contributed by atoms with Gasteiger partial charge in [-0.05, 0) is 85.3 Å². The maximum atomic E-state index is 13.9. The standard InChI is InChI=1S/C29H37NO4/c1-27-12-9-21(31)15-20(27)7-8-22-23-10-13-29(34,28(23,2)16-24(32)25(22)27)26(33)30-14-11-18-5-3-4-6-19(18)17-30/h3-6,15,22-25,32,34H,7-14,16-17H2,1-2H3/t22?,23?,24-,25?,27?,28?,29-/m0/s1. The molecule has 7 atom stereocenters. The minimum atomic E-state index is -1.44. The molecule has 1 amide bonds. The lowest BCUT2D eigenvalue weighted by atomic mass is 9.45. The van der Waals surface area contributed by atoms with Crippen LogP contribution in [0.5, 0.6) is 0 Å². The van der Waals surface area contributed by atoms with Gasteiger partial charge < -0.3 is 15.1 Å². The highest BCUT2D eigenvalue weighted by atomic mass is 16.3. The maximum Gasteiger partial charge on any atom is 0.255 e. The fourth-order valence-electron chi connectivity index (χ4n) is 8.97. The molecule has 0 saturated heterocycles. The van der Waals surface area contributed by atoms with E-state index in [1.807, 2.05) is 23.1 Å². The van der Waals surface area contributed by atoms with Crippen molar-refractivity contribution in [2.45, 2.75) is 83.5 Å². The lowest BCUT2D eigenvalue weighted by molar-refractivity contribution is -0.190. The van der Waals surface area contributed by atoms with Crippen molar-refractivity contribution in [3.05, 3.63) is 47.0 Å². The Bertz CT molecular complexity index is 1080. The quantitative estimate of drug-likeness (QED) is 0.664. The molecule has 0 radical (unpaired) electrons. The zero-order chi connectivity index (χ0) is 23.9. The van der Waals surface area contributed by atoms with E-state index < -0.39 is 17.1 Å². The van der Waals surface area contributed by atoms with Gasteiger partial charge in [-0.15, -0.1) is 0 Å². The van der Waals surface area contributed by atoms with Crippen LogP contribution in [0.15, 0.2) is 35.9 Å². The van der Waals surface area contributed by atoms with Gasteiger partial charge in [0, 0.05) is 24.9 Å². The number of rotatable bonds is 1. The monoisotopic (exact) mass is 463 g/mol. The number of amides is 1. The molecular weight excluding hydrogens is 426 g/mol. The number of fused-ring (bicyclic) bond motifs is 6. The van der Waals surface area contributed by atoms with Crippen LogP contribution in [-0.2, 0) is 22.6 Å². The number of carbonyl (C=O) groups is 2. The molecular formula is C29H37NO4. The summed E-state index contributed by atoms with van der Waals surface area (Å²) in [5.74, 6) is 0.641. The molecule has 34 heavy (non-hydrogen) atoms. The highest BCUT2D eigenvalue weighted by molar-refractivity contribution is 5.91. The van der Waals surface area contributed by atoms with Crippen LogP contribution in [0.4, 0.5) is 0 Å². The third-order valence-corrected chi connectivity index (χ3v) is 10.8. The molecule has 6 rings (SSSR count). The molecule has 1 aromatic carbocycles. The van der Waals surface area contributed by atoms with E-state index >= 15 is 0 Å². The van der Waals surface area contributed by atoms with Gasteiger partial charge in [-0.3, -0.25) is 9.59 Å². The summed E-state index contributed by atoms with van der Waals surface area (Å²) in [6, 6.07) is 8.26. The highest BCUT2D eigenvalue weighted by Crippen LogP contribution is 2.67. The summed E-state index contributed by atoms with van der Waals surface area (Å²) in [6.07, 6.45) is 7.00. The minimum absolute atomic E-state index is 0.0954. The molecule has 3 saturated carbocycles. The normalized spacial score (nSPS) is 43.4. The fourth-order valence-corrected chi connectivity index (χ4v) is 8.97. The van der Waals surface area contributed by atoms with E-state index in [1.165, 1.54) is 16.7 Å². The molecule has 5 nitrogen and oxygen atoms in total. The number of carbonyl (C=O) groups excluding carboxylic acids is 2. The van der Waals surface area contributed by atoms with Gasteiger partial charge in [0.25, 0.3) is 5.91 Å². The van der Waals surface area contributed by atoms with E-state index in [2.05, 4.69) is 26.0 Å². The van der Waals surface area contributed by atoms with Crippen LogP contribution >= 0.6 is 0 Å². The van der Waals surface area contributed by atoms with E-state index in [1.54, 1.807) is 0 Å². The van der Waals surface area contributed by atoms with Crippen LogP contribution in [-0.4, -0.2) is 45.1 Å². The zero-order valence-corrected chi connectivity index (χ0v) is 20.4. The molecule has 3 fully saturated rings. The third-order valence-electron chi connectivity index (χ3n) is 10.8. The topological polar surface area (TPSA) is 77.8 Å². The Kier molecular flexibility index (Phi) is 4.96. The summed E-state index contributed by atoms with van der Waals surface area (Å²) < 4.78 is 0. The first-order valence-electron chi connectivity index (χ1n) is 13.2. The summed E-state index contributed by atoms with van der Waals surface area (Å²) >= 11 is 0. The first-order valence-corrected chi connectivity index (χ1v) is 13.2. The number of hydrogen-bond donors (Lipinski definition) is 2. The lowest BCUT2D eigenvalue weighted by Crippen LogP contribution is -2.63. The SMILES string of the molecule is CC12CCC(=O)C=C1CCC1C2[C@@H](O)CC2(C)C1CC[C@]2(O)C(=O)N1CCc2ccccc2C1. The maximum absolute atomic E-state index is 13.9. The van der Waals surface area contributed by atoms with E-state index in [-0.39, 0.29) is 34.9 Å². The van der Waals surface area contributed by atoms with Crippen LogP contribution in [0.3, 0.4) is 0 Å². The molecule has 1 heterocycles. The Balaban J connectivity index is 1.30. The second kappa shape index (κ2) is 7.51. The van der Waals surface area contributed by atoms with Gasteiger partial charge in [-0.2, -0.15) is 0 Å². The summed E-state index contributed by atoms with van der Waals surface area (Å²) in [6.45, 7) is 5.49. The summed E-state index contributed by atoms with van der Waals surface area (Å²) in [4.78, 5) is 27.9. The first-order chi connectivity index (χ1) is 16.2. The molecule has 5 heteroatoms. The zero-order valence-electron chi connectivity index (χ0n) is 20.4. The van der Waals surface area contributed by atoms with Crippen molar-refractivity contribution in [2.75, 3.05) is 6.54 Å². The van der Waals surface area contributed by atoms with E-state index in [0.29, 0.717) is 32.4 Å². The van der Waals surface area contributed by atoms with Crippen molar-refractivity contribution < 1.29 is 19.8 Å². The Hall–Kier alpha value is -1.98. The lowest BCUT2D eigenvalue weighted by Gasteiger charge is -2.60.